The summed E-state index contributed by atoms with van der Waals surface area (Å²) in [6.45, 7) is 5.67. The maximum absolute atomic E-state index is 10.3. The molecule has 0 atom stereocenters. The van der Waals surface area contributed by atoms with Crippen LogP contribution < -0.4 is 0 Å². The van der Waals surface area contributed by atoms with Gasteiger partial charge in [-0.15, -0.1) is 0 Å². The third kappa shape index (κ3) is 5.07. The molecule has 1 aromatic carbocycles. The van der Waals surface area contributed by atoms with Crippen LogP contribution in [0.5, 0.6) is 17.2 Å². The Morgan fingerprint density at radius 3 is 1.76 bits per heavy atom. The monoisotopic (exact) mass is 244 g/mol. The molecule has 6 nitrogen and oxygen atoms in total. The van der Waals surface area contributed by atoms with Crippen molar-refractivity contribution in [3.05, 3.63) is 17.7 Å². The standard InChI is InChI=1S/C7H6O5.C4H10O/c8-4-1-3(7(11)12)2-5(9)6(4)10;1-3-5-4-2/h1-2,8-10H,(H,11,12);3-4H2,1-2H3. The molecule has 0 fully saturated rings. The summed E-state index contributed by atoms with van der Waals surface area (Å²) in [5, 5.41) is 35.0. The van der Waals surface area contributed by atoms with E-state index in [-0.39, 0.29) is 5.56 Å². The summed E-state index contributed by atoms with van der Waals surface area (Å²) in [5.41, 5.74) is -0.289. The van der Waals surface area contributed by atoms with Crippen molar-refractivity contribution in [3.8, 4) is 17.2 Å². The number of hydrogen-bond acceptors (Lipinski definition) is 5. The number of aromatic hydroxyl groups is 3. The number of phenolic OH excluding ortho intramolecular Hbond substituents is 3. The van der Waals surface area contributed by atoms with Crippen LogP contribution in [-0.4, -0.2) is 39.6 Å². The fourth-order valence-corrected chi connectivity index (χ4v) is 0.932. The van der Waals surface area contributed by atoms with Gasteiger partial charge in [0, 0.05) is 13.2 Å². The first-order valence-corrected chi connectivity index (χ1v) is 4.99. The Morgan fingerprint density at radius 2 is 1.53 bits per heavy atom. The van der Waals surface area contributed by atoms with E-state index in [1.807, 2.05) is 13.8 Å². The summed E-state index contributed by atoms with van der Waals surface area (Å²) in [6, 6.07) is 1.69. The molecule has 0 heterocycles. The average molecular weight is 244 g/mol. The maximum atomic E-state index is 10.3. The molecule has 0 saturated heterocycles. The molecule has 0 aliphatic carbocycles. The highest BCUT2D eigenvalue weighted by molar-refractivity contribution is 5.89. The molecule has 0 amide bonds. The van der Waals surface area contributed by atoms with Gasteiger partial charge in [-0.05, 0) is 26.0 Å². The lowest BCUT2D eigenvalue weighted by Crippen LogP contribution is -1.95. The summed E-state index contributed by atoms with van der Waals surface area (Å²) in [5.74, 6) is -3.33. The second-order valence-corrected chi connectivity index (χ2v) is 2.95. The van der Waals surface area contributed by atoms with Gasteiger partial charge in [-0.25, -0.2) is 4.79 Å². The van der Waals surface area contributed by atoms with Crippen molar-refractivity contribution in [2.24, 2.45) is 0 Å². The van der Waals surface area contributed by atoms with E-state index >= 15 is 0 Å². The highest BCUT2D eigenvalue weighted by Gasteiger charge is 2.11. The zero-order valence-electron chi connectivity index (χ0n) is 9.67. The third-order valence-electron chi connectivity index (χ3n) is 1.72. The summed E-state index contributed by atoms with van der Waals surface area (Å²) in [6.07, 6.45) is 0. The zero-order valence-corrected chi connectivity index (χ0v) is 9.67. The number of carboxylic acid groups (broad SMARTS) is 1. The number of rotatable bonds is 3. The molecule has 0 bridgehead atoms. The number of phenols is 3. The van der Waals surface area contributed by atoms with Crippen molar-refractivity contribution in [2.45, 2.75) is 13.8 Å². The number of benzene rings is 1. The molecule has 0 aliphatic rings. The van der Waals surface area contributed by atoms with Gasteiger partial charge in [0.25, 0.3) is 0 Å². The number of carboxylic acids is 1. The lowest BCUT2D eigenvalue weighted by Gasteiger charge is -2.01. The molecule has 4 N–H and O–H groups in total. The molecule has 1 rings (SSSR count). The van der Waals surface area contributed by atoms with Crippen LogP contribution in [0.2, 0.25) is 0 Å². The van der Waals surface area contributed by atoms with Crippen LogP contribution in [-0.2, 0) is 4.74 Å². The molecule has 0 aliphatic heterocycles. The van der Waals surface area contributed by atoms with E-state index in [2.05, 4.69) is 0 Å². The summed E-state index contributed by atoms with van der Waals surface area (Å²) in [4.78, 5) is 10.3. The highest BCUT2D eigenvalue weighted by Crippen LogP contribution is 2.35. The van der Waals surface area contributed by atoms with Gasteiger partial charge in [-0.2, -0.15) is 0 Å². The van der Waals surface area contributed by atoms with Gasteiger partial charge < -0.3 is 25.2 Å². The van der Waals surface area contributed by atoms with E-state index in [0.29, 0.717) is 0 Å². The first-order chi connectivity index (χ1) is 7.93. The lowest BCUT2D eigenvalue weighted by atomic mass is 10.2. The smallest absolute Gasteiger partial charge is 0.335 e. The minimum absolute atomic E-state index is 0.289. The summed E-state index contributed by atoms with van der Waals surface area (Å²) in [7, 11) is 0. The molecule has 96 valence electrons. The Labute approximate surface area is 98.7 Å². The van der Waals surface area contributed by atoms with Crippen molar-refractivity contribution >= 4 is 5.97 Å². The molecule has 0 unspecified atom stereocenters. The first-order valence-electron chi connectivity index (χ1n) is 4.99. The van der Waals surface area contributed by atoms with Crippen molar-refractivity contribution < 1.29 is 30.0 Å². The normalized spacial score (nSPS) is 9.29. The van der Waals surface area contributed by atoms with Gasteiger partial charge in [0.2, 0.25) is 0 Å². The van der Waals surface area contributed by atoms with Crippen LogP contribution in [0.4, 0.5) is 0 Å². The van der Waals surface area contributed by atoms with Crippen LogP contribution in [0.3, 0.4) is 0 Å². The molecule has 1 aromatic rings. The minimum atomic E-state index is -1.29. The summed E-state index contributed by atoms with van der Waals surface area (Å²) >= 11 is 0. The highest BCUT2D eigenvalue weighted by atomic mass is 16.5. The quantitative estimate of drug-likeness (QED) is 0.601. The average Bonchev–Trinajstić information content (AvgIpc) is 2.27. The Morgan fingerprint density at radius 1 is 1.12 bits per heavy atom. The van der Waals surface area contributed by atoms with Crippen molar-refractivity contribution in [3.63, 3.8) is 0 Å². The molecular weight excluding hydrogens is 228 g/mol. The molecule has 0 radical (unpaired) electrons. The third-order valence-corrected chi connectivity index (χ3v) is 1.72. The second kappa shape index (κ2) is 7.34. The lowest BCUT2D eigenvalue weighted by molar-refractivity contribution is 0.0696. The van der Waals surface area contributed by atoms with Crippen molar-refractivity contribution in [1.29, 1.82) is 0 Å². The number of hydrogen-bond donors (Lipinski definition) is 4. The number of ether oxygens (including phenoxy) is 1. The Kier molecular flexibility index (Phi) is 6.50. The van der Waals surface area contributed by atoms with E-state index in [1.54, 1.807) is 0 Å². The SMILES string of the molecule is CCOCC.O=C(O)c1cc(O)c(O)c(O)c1. The number of aromatic carboxylic acids is 1. The van der Waals surface area contributed by atoms with Gasteiger partial charge >= 0.3 is 5.97 Å². The van der Waals surface area contributed by atoms with Crippen molar-refractivity contribution in [2.75, 3.05) is 13.2 Å². The van der Waals surface area contributed by atoms with Crippen LogP contribution in [0.25, 0.3) is 0 Å². The second-order valence-electron chi connectivity index (χ2n) is 2.95. The Bertz CT molecular complexity index is 349. The Balaban J connectivity index is 0.000000437. The van der Waals surface area contributed by atoms with Gasteiger partial charge in [0.05, 0.1) is 5.56 Å². The molecule has 0 aromatic heterocycles. The predicted octanol–water partition coefficient (Wildman–Crippen LogP) is 1.54. The van der Waals surface area contributed by atoms with E-state index in [4.69, 9.17) is 25.2 Å². The van der Waals surface area contributed by atoms with E-state index in [0.717, 1.165) is 25.3 Å². The van der Waals surface area contributed by atoms with E-state index in [1.165, 1.54) is 0 Å². The van der Waals surface area contributed by atoms with E-state index in [9.17, 15) is 4.79 Å². The minimum Gasteiger partial charge on any atom is -0.504 e. The van der Waals surface area contributed by atoms with Gasteiger partial charge in [-0.1, -0.05) is 0 Å². The molecule has 0 saturated carbocycles. The molecular formula is C11H16O6. The van der Waals surface area contributed by atoms with Crippen LogP contribution >= 0.6 is 0 Å². The Hall–Kier alpha value is -1.95. The fourth-order valence-electron chi connectivity index (χ4n) is 0.932. The summed E-state index contributed by atoms with van der Waals surface area (Å²) < 4.78 is 4.83. The topological polar surface area (TPSA) is 107 Å². The number of carbonyl (C=O) groups is 1. The van der Waals surface area contributed by atoms with Crippen molar-refractivity contribution in [1.82, 2.24) is 0 Å². The predicted molar refractivity (Wildman–Crippen MR) is 60.6 cm³/mol. The zero-order chi connectivity index (χ0) is 13.4. The fraction of sp³-hybridized carbons (Fsp3) is 0.364. The molecule has 0 spiro atoms. The first kappa shape index (κ1) is 15.0. The van der Waals surface area contributed by atoms with E-state index < -0.39 is 23.2 Å². The maximum Gasteiger partial charge on any atom is 0.335 e. The molecule has 6 heteroatoms. The van der Waals surface area contributed by atoms with Crippen LogP contribution in [0.1, 0.15) is 24.2 Å². The molecule has 17 heavy (non-hydrogen) atoms. The largest absolute Gasteiger partial charge is 0.504 e. The van der Waals surface area contributed by atoms with Crippen LogP contribution in [0.15, 0.2) is 12.1 Å². The van der Waals surface area contributed by atoms with Gasteiger partial charge in [0.15, 0.2) is 17.2 Å². The van der Waals surface area contributed by atoms with Crippen LogP contribution in [0, 0.1) is 0 Å². The van der Waals surface area contributed by atoms with Gasteiger partial charge in [-0.3, -0.25) is 0 Å². The van der Waals surface area contributed by atoms with Gasteiger partial charge in [0.1, 0.15) is 0 Å².